The molecular formula is C26H24N2O6. The second-order valence-electron chi connectivity index (χ2n) is 8.62. The van der Waals surface area contributed by atoms with Gasteiger partial charge in [0.2, 0.25) is 0 Å². The number of carboxylic acid groups (broad SMARTS) is 1. The number of aliphatic carboxylic acids is 1. The Labute approximate surface area is 196 Å². The van der Waals surface area contributed by atoms with E-state index in [4.69, 9.17) is 14.6 Å². The lowest BCUT2D eigenvalue weighted by Crippen LogP contribution is -2.33. The number of likely N-dealkylation sites (N-methyl/N-ethyl adjacent to an activating group) is 1. The highest BCUT2D eigenvalue weighted by Crippen LogP contribution is 2.57. The number of phenols is 1. The van der Waals surface area contributed by atoms with E-state index in [9.17, 15) is 14.7 Å². The standard InChI is InChI=1S/C26H24N2O6/c1-27-12-15-7-8-22-19(9-15)26(18-6-4-3-5-17(18)25(32)34-26)20-10-16(13-28(2)14-24(30)31)21(29)11-23(20)33-22/h3-11,27,29H,12-14H2,1-2H3,(H,30,31). The van der Waals surface area contributed by atoms with Crippen molar-refractivity contribution in [3.8, 4) is 17.2 Å². The number of rotatable bonds is 6. The molecule has 3 aromatic rings. The van der Waals surface area contributed by atoms with Gasteiger partial charge < -0.3 is 25.0 Å². The van der Waals surface area contributed by atoms with Gasteiger partial charge in [0.15, 0.2) is 5.60 Å². The fraction of sp³-hybridized carbons (Fsp3) is 0.231. The lowest BCUT2D eigenvalue weighted by molar-refractivity contribution is -0.138. The van der Waals surface area contributed by atoms with Crippen molar-refractivity contribution < 1.29 is 29.3 Å². The monoisotopic (exact) mass is 460 g/mol. The number of carbonyl (C=O) groups is 2. The Kier molecular flexibility index (Phi) is 5.27. The maximum Gasteiger partial charge on any atom is 0.340 e. The summed E-state index contributed by atoms with van der Waals surface area (Å²) in [6.07, 6.45) is 0. The number of aromatic hydroxyl groups is 1. The van der Waals surface area contributed by atoms with E-state index in [-0.39, 0.29) is 18.8 Å². The largest absolute Gasteiger partial charge is 0.507 e. The molecule has 0 saturated heterocycles. The molecule has 2 aliphatic heterocycles. The van der Waals surface area contributed by atoms with Crippen LogP contribution >= 0.6 is 0 Å². The van der Waals surface area contributed by atoms with Crippen LogP contribution in [0.1, 0.15) is 38.2 Å². The molecule has 2 heterocycles. The summed E-state index contributed by atoms with van der Waals surface area (Å²) in [5.74, 6) is -0.526. The van der Waals surface area contributed by atoms with Gasteiger partial charge in [-0.15, -0.1) is 0 Å². The van der Waals surface area contributed by atoms with E-state index in [0.29, 0.717) is 45.9 Å². The molecule has 0 aliphatic carbocycles. The zero-order valence-corrected chi connectivity index (χ0v) is 18.8. The number of benzene rings is 3. The summed E-state index contributed by atoms with van der Waals surface area (Å²) in [6.45, 7) is 0.614. The first-order valence-electron chi connectivity index (χ1n) is 10.9. The Morgan fingerprint density at radius 2 is 1.82 bits per heavy atom. The van der Waals surface area contributed by atoms with Gasteiger partial charge in [0.05, 0.1) is 12.1 Å². The minimum Gasteiger partial charge on any atom is -0.507 e. The first-order chi connectivity index (χ1) is 16.3. The van der Waals surface area contributed by atoms with Crippen LogP contribution in [0, 0.1) is 0 Å². The lowest BCUT2D eigenvalue weighted by atomic mass is 9.76. The number of fused-ring (bicyclic) bond motifs is 6. The highest BCUT2D eigenvalue weighted by Gasteiger charge is 2.53. The normalized spacial score (nSPS) is 17.7. The number of ether oxygens (including phenoxy) is 2. The molecule has 3 N–H and O–H groups in total. The van der Waals surface area contributed by atoms with Gasteiger partial charge in [-0.1, -0.05) is 24.3 Å². The van der Waals surface area contributed by atoms with Gasteiger partial charge in [-0.2, -0.15) is 0 Å². The summed E-state index contributed by atoms with van der Waals surface area (Å²) in [6, 6.07) is 16.2. The van der Waals surface area contributed by atoms with Gasteiger partial charge in [-0.3, -0.25) is 9.69 Å². The number of nitrogens with zero attached hydrogens (tertiary/aromatic N) is 1. The highest BCUT2D eigenvalue weighted by atomic mass is 16.6. The van der Waals surface area contributed by atoms with Crippen molar-refractivity contribution >= 4 is 11.9 Å². The van der Waals surface area contributed by atoms with E-state index in [1.165, 1.54) is 6.07 Å². The molecule has 1 atom stereocenters. The smallest absolute Gasteiger partial charge is 0.340 e. The molecule has 174 valence electrons. The molecule has 0 fully saturated rings. The van der Waals surface area contributed by atoms with Crippen LogP contribution in [0.5, 0.6) is 17.2 Å². The number of carboxylic acids is 1. The van der Waals surface area contributed by atoms with E-state index < -0.39 is 17.5 Å². The van der Waals surface area contributed by atoms with Gasteiger partial charge in [-0.05, 0) is 43.9 Å². The van der Waals surface area contributed by atoms with Crippen molar-refractivity contribution in [1.29, 1.82) is 0 Å². The molecule has 2 aliphatic rings. The summed E-state index contributed by atoms with van der Waals surface area (Å²) in [5.41, 5.74) is 2.68. The van der Waals surface area contributed by atoms with Crippen LogP contribution in [-0.2, 0) is 28.2 Å². The molecule has 5 rings (SSSR count). The Morgan fingerprint density at radius 3 is 2.59 bits per heavy atom. The van der Waals surface area contributed by atoms with Gasteiger partial charge in [0, 0.05) is 41.4 Å². The van der Waals surface area contributed by atoms with Gasteiger partial charge in [0.25, 0.3) is 0 Å². The molecule has 0 aromatic heterocycles. The topological polar surface area (TPSA) is 108 Å². The Bertz CT molecular complexity index is 1320. The third-order valence-corrected chi connectivity index (χ3v) is 6.20. The van der Waals surface area contributed by atoms with Crippen LogP contribution in [0.3, 0.4) is 0 Å². The first-order valence-corrected chi connectivity index (χ1v) is 10.9. The third-order valence-electron chi connectivity index (χ3n) is 6.20. The minimum absolute atomic E-state index is 0.0287. The highest BCUT2D eigenvalue weighted by molar-refractivity contribution is 5.97. The van der Waals surface area contributed by atoms with Crippen LogP contribution in [0.25, 0.3) is 0 Å². The molecule has 1 unspecified atom stereocenters. The molecule has 8 nitrogen and oxygen atoms in total. The van der Waals surface area contributed by atoms with Crippen molar-refractivity contribution in [2.24, 2.45) is 0 Å². The SMILES string of the molecule is CNCc1ccc2c(c1)C1(OC(=O)c3ccccc31)c1cc(CN(C)CC(=O)O)c(O)cc1O2. The van der Waals surface area contributed by atoms with Crippen molar-refractivity contribution in [3.63, 3.8) is 0 Å². The second-order valence-corrected chi connectivity index (χ2v) is 8.62. The molecule has 0 bridgehead atoms. The summed E-state index contributed by atoms with van der Waals surface area (Å²) in [4.78, 5) is 25.7. The average molecular weight is 460 g/mol. The first kappa shape index (κ1) is 21.9. The lowest BCUT2D eigenvalue weighted by Gasteiger charge is -2.37. The molecule has 34 heavy (non-hydrogen) atoms. The van der Waals surface area contributed by atoms with Crippen LogP contribution < -0.4 is 10.1 Å². The quantitative estimate of drug-likeness (QED) is 0.482. The zero-order valence-electron chi connectivity index (χ0n) is 18.8. The molecule has 1 spiro atoms. The van der Waals surface area contributed by atoms with Crippen molar-refractivity contribution in [3.05, 3.63) is 88.0 Å². The van der Waals surface area contributed by atoms with E-state index in [0.717, 1.165) is 5.56 Å². The van der Waals surface area contributed by atoms with Gasteiger partial charge in [-0.25, -0.2) is 4.79 Å². The van der Waals surface area contributed by atoms with Crippen molar-refractivity contribution in [1.82, 2.24) is 10.2 Å². The maximum absolute atomic E-state index is 13.0. The molecule has 0 amide bonds. The van der Waals surface area contributed by atoms with Crippen LogP contribution in [0.2, 0.25) is 0 Å². The number of hydrogen-bond acceptors (Lipinski definition) is 7. The summed E-state index contributed by atoms with van der Waals surface area (Å²) in [5, 5.41) is 23.0. The number of hydrogen-bond donors (Lipinski definition) is 3. The van der Waals surface area contributed by atoms with Crippen molar-refractivity contribution in [2.75, 3.05) is 20.6 Å². The summed E-state index contributed by atoms with van der Waals surface area (Å²) >= 11 is 0. The maximum atomic E-state index is 13.0. The molecule has 8 heteroatoms. The summed E-state index contributed by atoms with van der Waals surface area (Å²) in [7, 11) is 3.51. The number of nitrogens with one attached hydrogen (secondary N) is 1. The van der Waals surface area contributed by atoms with Gasteiger partial charge in [0.1, 0.15) is 17.2 Å². The second kappa shape index (κ2) is 8.16. The predicted molar refractivity (Wildman–Crippen MR) is 123 cm³/mol. The number of esters is 1. The fourth-order valence-electron chi connectivity index (χ4n) is 4.81. The Morgan fingerprint density at radius 1 is 1.06 bits per heavy atom. The Balaban J connectivity index is 1.74. The van der Waals surface area contributed by atoms with Gasteiger partial charge >= 0.3 is 11.9 Å². The van der Waals surface area contributed by atoms with Crippen LogP contribution in [-0.4, -0.2) is 47.7 Å². The number of phenolic OH excluding ortho intramolecular Hbond substituents is 1. The van der Waals surface area contributed by atoms with Crippen LogP contribution in [0.15, 0.2) is 54.6 Å². The molecule has 0 saturated carbocycles. The molecule has 3 aromatic carbocycles. The minimum atomic E-state index is -1.26. The zero-order chi connectivity index (χ0) is 24.0. The molecular weight excluding hydrogens is 436 g/mol. The van der Waals surface area contributed by atoms with E-state index in [2.05, 4.69) is 5.32 Å². The van der Waals surface area contributed by atoms with E-state index in [1.807, 2.05) is 37.4 Å². The van der Waals surface area contributed by atoms with E-state index >= 15 is 0 Å². The predicted octanol–water partition coefficient (Wildman–Crippen LogP) is 3.20. The van der Waals surface area contributed by atoms with E-state index in [1.54, 1.807) is 30.1 Å². The Hall–Kier alpha value is -3.88. The summed E-state index contributed by atoms with van der Waals surface area (Å²) < 4.78 is 12.4. The number of carbonyl (C=O) groups excluding carboxylic acids is 1. The fourth-order valence-corrected chi connectivity index (χ4v) is 4.81. The van der Waals surface area contributed by atoms with Crippen molar-refractivity contribution in [2.45, 2.75) is 18.7 Å². The van der Waals surface area contributed by atoms with Crippen LogP contribution in [0.4, 0.5) is 0 Å². The molecule has 0 radical (unpaired) electrons. The third kappa shape index (κ3) is 3.39. The average Bonchev–Trinajstić information content (AvgIpc) is 3.08.